The first-order valence-electron chi connectivity index (χ1n) is 8.99. The van der Waals surface area contributed by atoms with Crippen LogP contribution in [0.5, 0.6) is 0 Å². The second-order valence-electron chi connectivity index (χ2n) is 7.12. The molecule has 0 aromatic heterocycles. The van der Waals surface area contributed by atoms with Crippen molar-refractivity contribution in [3.63, 3.8) is 0 Å². The molecule has 0 spiro atoms. The van der Waals surface area contributed by atoms with Crippen molar-refractivity contribution in [2.45, 2.75) is 33.6 Å². The van der Waals surface area contributed by atoms with Gasteiger partial charge in [0.15, 0.2) is 0 Å². The van der Waals surface area contributed by atoms with Gasteiger partial charge >= 0.3 is 0 Å². The third-order valence-electron chi connectivity index (χ3n) is 4.40. The average Bonchev–Trinajstić information content (AvgIpc) is 2.63. The third kappa shape index (κ3) is 6.57. The fourth-order valence-electron chi connectivity index (χ4n) is 2.59. The van der Waals surface area contributed by atoms with E-state index in [2.05, 4.69) is 75.2 Å². The Morgan fingerprint density at radius 2 is 1.62 bits per heavy atom. The van der Waals surface area contributed by atoms with Crippen LogP contribution in [0.3, 0.4) is 0 Å². The van der Waals surface area contributed by atoms with E-state index in [1.54, 1.807) is 0 Å². The first-order valence-corrected chi connectivity index (χ1v) is 9.37. The summed E-state index contributed by atoms with van der Waals surface area (Å²) in [5.41, 5.74) is 4.63. The van der Waals surface area contributed by atoms with Gasteiger partial charge in [0.2, 0.25) is 0 Å². The van der Waals surface area contributed by atoms with Gasteiger partial charge in [-0.2, -0.15) is 0 Å². The molecule has 0 aliphatic heterocycles. The molecule has 1 N–H and O–H groups in total. The standard InChI is InChI=1S/C24H28ClN/c1-5-24(4,17-6-7-19(2)3)18-16-20-8-12-22(13-9-20)26-23-14-10-21(25)11-15-23/h5,7-16,18,26H,1,6,17H2,2-4H3/b18-16+/t24-/m1/s1. The Hall–Kier alpha value is -2.25. The van der Waals surface area contributed by atoms with E-state index >= 15 is 0 Å². The Morgan fingerprint density at radius 3 is 2.15 bits per heavy atom. The lowest BCUT2D eigenvalue weighted by molar-refractivity contribution is 0.508. The van der Waals surface area contributed by atoms with E-state index in [0.29, 0.717) is 0 Å². The van der Waals surface area contributed by atoms with E-state index in [4.69, 9.17) is 11.6 Å². The molecule has 2 heteroatoms. The van der Waals surface area contributed by atoms with Crippen molar-refractivity contribution in [1.29, 1.82) is 0 Å². The van der Waals surface area contributed by atoms with Crippen LogP contribution in [0.2, 0.25) is 5.02 Å². The van der Waals surface area contributed by atoms with Crippen molar-refractivity contribution in [1.82, 2.24) is 0 Å². The molecule has 1 atom stereocenters. The Balaban J connectivity index is 2.00. The first-order chi connectivity index (χ1) is 12.4. The third-order valence-corrected chi connectivity index (χ3v) is 4.65. The molecule has 2 aromatic carbocycles. The highest BCUT2D eigenvalue weighted by molar-refractivity contribution is 6.30. The minimum atomic E-state index is 0.00613. The van der Waals surface area contributed by atoms with Crippen molar-refractivity contribution in [2.24, 2.45) is 5.41 Å². The van der Waals surface area contributed by atoms with E-state index in [1.807, 2.05) is 30.3 Å². The number of benzene rings is 2. The van der Waals surface area contributed by atoms with E-state index < -0.39 is 0 Å². The number of allylic oxidation sites excluding steroid dienone is 4. The van der Waals surface area contributed by atoms with Gasteiger partial charge in [0, 0.05) is 21.8 Å². The second-order valence-corrected chi connectivity index (χ2v) is 7.55. The van der Waals surface area contributed by atoms with Crippen LogP contribution < -0.4 is 5.32 Å². The maximum absolute atomic E-state index is 5.92. The molecule has 0 amide bonds. The fraction of sp³-hybridized carbons (Fsp3) is 0.250. The molecule has 0 saturated heterocycles. The van der Waals surface area contributed by atoms with Crippen molar-refractivity contribution in [3.8, 4) is 0 Å². The number of anilines is 2. The molecule has 0 unspecified atom stereocenters. The second kappa shape index (κ2) is 9.45. The van der Waals surface area contributed by atoms with Crippen LogP contribution in [0.25, 0.3) is 6.08 Å². The molecule has 0 saturated carbocycles. The highest BCUT2D eigenvalue weighted by Crippen LogP contribution is 2.28. The van der Waals surface area contributed by atoms with Gasteiger partial charge in [0.25, 0.3) is 0 Å². The van der Waals surface area contributed by atoms with Crippen molar-refractivity contribution < 1.29 is 0 Å². The largest absolute Gasteiger partial charge is 0.356 e. The van der Waals surface area contributed by atoms with Gasteiger partial charge in [-0.3, -0.25) is 0 Å². The maximum atomic E-state index is 5.92. The van der Waals surface area contributed by atoms with Gasteiger partial charge in [-0.25, -0.2) is 0 Å². The summed E-state index contributed by atoms with van der Waals surface area (Å²) in [7, 11) is 0. The average molecular weight is 366 g/mol. The summed E-state index contributed by atoms with van der Waals surface area (Å²) in [5, 5.41) is 4.12. The lowest BCUT2D eigenvalue weighted by atomic mass is 9.84. The van der Waals surface area contributed by atoms with E-state index in [0.717, 1.165) is 29.2 Å². The lowest BCUT2D eigenvalue weighted by Crippen LogP contribution is -2.08. The van der Waals surface area contributed by atoms with Gasteiger partial charge in [0.05, 0.1) is 0 Å². The normalized spacial score (nSPS) is 13.2. The summed E-state index contributed by atoms with van der Waals surface area (Å²) in [6, 6.07) is 16.1. The molecule has 0 heterocycles. The molecule has 136 valence electrons. The molecule has 1 nitrogen and oxygen atoms in total. The molecule has 0 aliphatic rings. The fourth-order valence-corrected chi connectivity index (χ4v) is 2.72. The summed E-state index contributed by atoms with van der Waals surface area (Å²) >= 11 is 5.92. The van der Waals surface area contributed by atoms with Crippen molar-refractivity contribution in [2.75, 3.05) is 5.32 Å². The van der Waals surface area contributed by atoms with E-state index in [9.17, 15) is 0 Å². The predicted molar refractivity (Wildman–Crippen MR) is 117 cm³/mol. The van der Waals surface area contributed by atoms with Crippen molar-refractivity contribution in [3.05, 3.63) is 89.5 Å². The van der Waals surface area contributed by atoms with Crippen LogP contribution in [0.1, 0.15) is 39.2 Å². The minimum absolute atomic E-state index is 0.00613. The van der Waals surface area contributed by atoms with E-state index in [-0.39, 0.29) is 5.41 Å². The predicted octanol–water partition coefficient (Wildman–Crippen LogP) is 8.04. The zero-order valence-electron chi connectivity index (χ0n) is 15.9. The Kier molecular flexibility index (Phi) is 7.29. The topological polar surface area (TPSA) is 12.0 Å². The highest BCUT2D eigenvalue weighted by Gasteiger charge is 2.14. The van der Waals surface area contributed by atoms with Gasteiger partial charge < -0.3 is 5.32 Å². The number of hydrogen-bond donors (Lipinski definition) is 1. The highest BCUT2D eigenvalue weighted by atomic mass is 35.5. The summed E-state index contributed by atoms with van der Waals surface area (Å²) in [6.45, 7) is 10.5. The zero-order chi connectivity index (χ0) is 19.0. The SMILES string of the molecule is C=C[C@@](C)(/C=C/c1ccc(Nc2ccc(Cl)cc2)cc1)CCC=C(C)C. The Labute approximate surface area is 163 Å². The zero-order valence-corrected chi connectivity index (χ0v) is 16.7. The molecule has 26 heavy (non-hydrogen) atoms. The molecular weight excluding hydrogens is 338 g/mol. The molecule has 2 rings (SSSR count). The van der Waals surface area contributed by atoms with Gasteiger partial charge in [-0.1, -0.05) is 60.5 Å². The lowest BCUT2D eigenvalue weighted by Gasteiger charge is -2.20. The Bertz CT molecular complexity index is 765. The maximum Gasteiger partial charge on any atom is 0.0407 e. The van der Waals surface area contributed by atoms with E-state index in [1.165, 1.54) is 11.1 Å². The number of hydrogen-bond acceptors (Lipinski definition) is 1. The summed E-state index contributed by atoms with van der Waals surface area (Å²) in [5.74, 6) is 0. The van der Waals surface area contributed by atoms with Crippen molar-refractivity contribution >= 4 is 29.1 Å². The van der Waals surface area contributed by atoms with Crippen LogP contribution >= 0.6 is 11.6 Å². The van der Waals surface area contributed by atoms with Crippen LogP contribution in [-0.2, 0) is 0 Å². The van der Waals surface area contributed by atoms with Gasteiger partial charge in [-0.05, 0) is 68.7 Å². The summed E-state index contributed by atoms with van der Waals surface area (Å²) < 4.78 is 0. The molecule has 2 aromatic rings. The molecule has 0 fully saturated rings. The Morgan fingerprint density at radius 1 is 1.04 bits per heavy atom. The molecule has 0 radical (unpaired) electrons. The monoisotopic (exact) mass is 365 g/mol. The quantitative estimate of drug-likeness (QED) is 0.466. The number of rotatable bonds is 8. The molecule has 0 bridgehead atoms. The number of nitrogens with one attached hydrogen (secondary N) is 1. The smallest absolute Gasteiger partial charge is 0.0407 e. The van der Waals surface area contributed by atoms with Crippen LogP contribution in [0, 0.1) is 5.41 Å². The van der Waals surface area contributed by atoms with Crippen LogP contribution in [0.4, 0.5) is 11.4 Å². The van der Waals surface area contributed by atoms with Crippen LogP contribution in [0.15, 0.2) is 78.9 Å². The van der Waals surface area contributed by atoms with Gasteiger partial charge in [-0.15, -0.1) is 6.58 Å². The van der Waals surface area contributed by atoms with Gasteiger partial charge in [0.1, 0.15) is 0 Å². The first kappa shape index (κ1) is 20.1. The van der Waals surface area contributed by atoms with Crippen LogP contribution in [-0.4, -0.2) is 0 Å². The summed E-state index contributed by atoms with van der Waals surface area (Å²) in [6.07, 6.45) is 10.9. The molecular formula is C24H28ClN. The summed E-state index contributed by atoms with van der Waals surface area (Å²) in [4.78, 5) is 0. The number of halogens is 1. The minimum Gasteiger partial charge on any atom is -0.356 e. The molecule has 0 aliphatic carbocycles.